The molecule has 1 aromatic heterocycles. The summed E-state index contributed by atoms with van der Waals surface area (Å²) in [7, 11) is 0. The Labute approximate surface area is 189 Å². The maximum absolute atomic E-state index is 13.4. The van der Waals surface area contributed by atoms with E-state index in [1.54, 1.807) is 72.8 Å². The first kappa shape index (κ1) is 18.7. The molecule has 0 unspecified atom stereocenters. The van der Waals surface area contributed by atoms with Gasteiger partial charge in [-0.2, -0.15) is 9.97 Å². The summed E-state index contributed by atoms with van der Waals surface area (Å²) in [6.45, 7) is 0. The fourth-order valence-electron chi connectivity index (χ4n) is 5.11. The summed E-state index contributed by atoms with van der Waals surface area (Å²) >= 11 is 0. The zero-order chi connectivity index (χ0) is 23.1. The summed E-state index contributed by atoms with van der Waals surface area (Å²) < 4.78 is 0. The highest BCUT2D eigenvalue weighted by molar-refractivity contribution is 6.10. The van der Waals surface area contributed by atoms with E-state index in [0.717, 1.165) is 0 Å². The van der Waals surface area contributed by atoms with E-state index >= 15 is 0 Å². The van der Waals surface area contributed by atoms with E-state index in [-0.39, 0.29) is 21.7 Å². The van der Waals surface area contributed by atoms with Crippen LogP contribution in [-0.2, 0) is 0 Å². The Balaban J connectivity index is 1.72. The van der Waals surface area contributed by atoms with Crippen LogP contribution in [0.1, 0.15) is 0 Å². The van der Waals surface area contributed by atoms with Crippen molar-refractivity contribution < 1.29 is 9.97 Å². The van der Waals surface area contributed by atoms with Gasteiger partial charge < -0.3 is 0 Å². The average molecular weight is 442 g/mol. The van der Waals surface area contributed by atoms with Crippen molar-refractivity contribution in [2.45, 2.75) is 0 Å². The summed E-state index contributed by atoms with van der Waals surface area (Å²) in [5.41, 5.74) is 1.18. The molecule has 0 aliphatic carbocycles. The molecule has 6 heteroatoms. The summed E-state index contributed by atoms with van der Waals surface area (Å²) in [5, 5.41) is 2.76. The van der Waals surface area contributed by atoms with Crippen LogP contribution in [0.25, 0.3) is 65.2 Å². The maximum atomic E-state index is 13.4. The second-order valence-corrected chi connectivity index (χ2v) is 8.48. The van der Waals surface area contributed by atoms with Crippen LogP contribution in [0.5, 0.6) is 0 Å². The minimum Gasteiger partial charge on any atom is -0.289 e. The molecule has 0 aliphatic heterocycles. The Kier molecular flexibility index (Phi) is 3.50. The van der Waals surface area contributed by atoms with Gasteiger partial charge in [-0.15, -0.1) is 0 Å². The molecule has 0 radical (unpaired) electrons. The monoisotopic (exact) mass is 442 g/mol. The minimum absolute atomic E-state index is 0.205. The lowest BCUT2D eigenvalue weighted by molar-refractivity contribution is -0.359. The van der Waals surface area contributed by atoms with Crippen molar-refractivity contribution in [3.63, 3.8) is 0 Å². The normalized spacial score (nSPS) is 12.0. The molecule has 0 atom stereocenters. The van der Waals surface area contributed by atoms with Crippen LogP contribution in [0.2, 0.25) is 0 Å². The van der Waals surface area contributed by atoms with Gasteiger partial charge in [-0.25, -0.2) is 0 Å². The Bertz CT molecular complexity index is 2100. The van der Waals surface area contributed by atoms with Gasteiger partial charge >= 0.3 is 0 Å². The van der Waals surface area contributed by atoms with Gasteiger partial charge in [0.25, 0.3) is 22.1 Å². The number of rotatable bonds is 0. The van der Waals surface area contributed by atoms with Gasteiger partial charge in [-0.3, -0.25) is 19.2 Å². The zero-order valence-corrected chi connectivity index (χ0v) is 17.6. The quantitative estimate of drug-likeness (QED) is 0.266. The van der Waals surface area contributed by atoms with Crippen molar-refractivity contribution in [1.82, 2.24) is 0 Å². The van der Waals surface area contributed by atoms with Crippen LogP contribution < -0.4 is 31.7 Å². The molecule has 0 amide bonds. The van der Waals surface area contributed by atoms with Gasteiger partial charge in [0.1, 0.15) is 10.8 Å². The Morgan fingerprint density at radius 2 is 0.735 bits per heavy atom. The summed E-state index contributed by atoms with van der Waals surface area (Å²) in [5.74, 6) is 0. The third kappa shape index (κ3) is 2.24. The minimum atomic E-state index is -0.238. The SMILES string of the molecule is O=c1c2ccccc2c(=O)c2c1ccc1[nH+]c3c(ccc4c(=O)c5ccccc5c(=O)c43)[nH+]c12. The van der Waals surface area contributed by atoms with Gasteiger partial charge in [0.15, 0.2) is 10.9 Å². The van der Waals surface area contributed by atoms with Crippen LogP contribution in [0, 0.1) is 0 Å². The van der Waals surface area contributed by atoms with Crippen LogP contribution in [0.4, 0.5) is 0 Å². The third-order valence-electron chi connectivity index (χ3n) is 6.71. The van der Waals surface area contributed by atoms with Gasteiger partial charge in [-0.05, 0) is 12.1 Å². The Hall–Kier alpha value is -4.84. The standard InChI is InChI=1S/C28H12N2O4/c31-25-13-5-1-3-7-15(13)27(33)21-17(25)9-11-19-23(21)29-20-12-10-18-22(24(20)30-19)28(34)16-8-4-2-6-14(16)26(18)32/h1-12H/p+2. The molecule has 6 nitrogen and oxygen atoms in total. The number of aromatic amines is 2. The maximum Gasteiger partial charge on any atom is 0.288 e. The molecule has 1 heterocycles. The van der Waals surface area contributed by atoms with E-state index < -0.39 is 0 Å². The molecule has 2 N–H and O–H groups in total. The van der Waals surface area contributed by atoms with Gasteiger partial charge in [0.05, 0.1) is 0 Å². The van der Waals surface area contributed by atoms with Gasteiger partial charge in [-0.1, -0.05) is 48.5 Å². The number of hydrogen-bond donors (Lipinski definition) is 0. The predicted molar refractivity (Wildman–Crippen MR) is 132 cm³/mol. The lowest BCUT2D eigenvalue weighted by atomic mass is 9.99. The molecular formula is C28H14N2O4+2. The molecule has 7 rings (SSSR count). The molecule has 34 heavy (non-hydrogen) atoms. The van der Waals surface area contributed by atoms with E-state index in [0.29, 0.717) is 65.2 Å². The van der Waals surface area contributed by atoms with Crippen molar-refractivity contribution in [3.8, 4) is 0 Å². The topological polar surface area (TPSA) is 96.6 Å². The first-order chi connectivity index (χ1) is 16.5. The van der Waals surface area contributed by atoms with Crippen molar-refractivity contribution in [2.24, 2.45) is 0 Å². The molecule has 0 saturated heterocycles. The largest absolute Gasteiger partial charge is 0.289 e. The highest BCUT2D eigenvalue weighted by atomic mass is 16.1. The first-order valence-corrected chi connectivity index (χ1v) is 10.8. The molecule has 7 aromatic rings. The highest BCUT2D eigenvalue weighted by Crippen LogP contribution is 2.22. The average Bonchev–Trinajstić information content (AvgIpc) is 2.88. The number of benzene rings is 6. The number of fused-ring (bicyclic) bond motifs is 8. The van der Waals surface area contributed by atoms with Crippen LogP contribution in [0.3, 0.4) is 0 Å². The van der Waals surface area contributed by atoms with Gasteiger partial charge in [0, 0.05) is 44.5 Å². The smallest absolute Gasteiger partial charge is 0.288 e. The predicted octanol–water partition coefficient (Wildman–Crippen LogP) is 2.55. The van der Waals surface area contributed by atoms with Crippen LogP contribution >= 0.6 is 0 Å². The first-order valence-electron chi connectivity index (χ1n) is 10.8. The molecule has 0 bridgehead atoms. The summed E-state index contributed by atoms with van der Waals surface area (Å²) in [6, 6.07) is 20.3. The summed E-state index contributed by atoms with van der Waals surface area (Å²) in [4.78, 5) is 59.5. The van der Waals surface area contributed by atoms with E-state index in [9.17, 15) is 19.2 Å². The molecule has 0 aliphatic rings. The molecule has 158 valence electrons. The Morgan fingerprint density at radius 1 is 0.382 bits per heavy atom. The molecule has 0 saturated carbocycles. The molecule has 6 aromatic carbocycles. The zero-order valence-electron chi connectivity index (χ0n) is 17.6. The van der Waals surface area contributed by atoms with Gasteiger partial charge in [0.2, 0.25) is 10.9 Å². The Morgan fingerprint density at radius 3 is 1.12 bits per heavy atom. The van der Waals surface area contributed by atoms with Crippen LogP contribution in [-0.4, -0.2) is 0 Å². The van der Waals surface area contributed by atoms with Crippen LogP contribution in [0.15, 0.2) is 92.0 Å². The van der Waals surface area contributed by atoms with E-state index in [1.807, 2.05) is 0 Å². The van der Waals surface area contributed by atoms with Crippen molar-refractivity contribution in [1.29, 1.82) is 0 Å². The summed E-state index contributed by atoms with van der Waals surface area (Å²) in [6.07, 6.45) is 0. The molecular weight excluding hydrogens is 428 g/mol. The highest BCUT2D eigenvalue weighted by Gasteiger charge is 2.25. The fraction of sp³-hybridized carbons (Fsp3) is 0. The number of nitrogens with one attached hydrogen (secondary N) is 2. The lowest BCUT2D eigenvalue weighted by Crippen LogP contribution is -2.23. The molecule has 0 fully saturated rings. The second kappa shape index (κ2) is 6.36. The van der Waals surface area contributed by atoms with Crippen molar-refractivity contribution in [3.05, 3.63) is 114 Å². The van der Waals surface area contributed by atoms with E-state index in [1.165, 1.54) is 0 Å². The number of hydrogen-bond acceptors (Lipinski definition) is 4. The van der Waals surface area contributed by atoms with Crippen molar-refractivity contribution in [2.75, 3.05) is 0 Å². The van der Waals surface area contributed by atoms with E-state index in [4.69, 9.17) is 0 Å². The van der Waals surface area contributed by atoms with E-state index in [2.05, 4.69) is 9.97 Å². The number of aromatic nitrogens is 2. The fourth-order valence-corrected chi connectivity index (χ4v) is 5.11. The third-order valence-corrected chi connectivity index (χ3v) is 6.71. The molecule has 0 spiro atoms. The second-order valence-electron chi connectivity index (χ2n) is 8.48. The number of H-pyrrole nitrogens is 2. The van der Waals surface area contributed by atoms with Crippen molar-refractivity contribution >= 4 is 65.2 Å². The lowest BCUT2D eigenvalue weighted by Gasteiger charge is -2.02.